The molecule has 0 bridgehead atoms. The summed E-state index contributed by atoms with van der Waals surface area (Å²) in [6, 6.07) is -13.7. The van der Waals surface area contributed by atoms with E-state index in [1.807, 2.05) is 61.5 Å². The van der Waals surface area contributed by atoms with Crippen molar-refractivity contribution in [3.05, 3.63) is 12.2 Å². The Bertz CT molecular complexity index is 2470. The molecule has 0 spiro atoms. The molecule has 24 nitrogen and oxygen atoms in total. The topological polar surface area (TPSA) is 288 Å². The monoisotopic (exact) mass is 1260 g/mol. The van der Waals surface area contributed by atoms with Gasteiger partial charge in [0.25, 0.3) is 0 Å². The lowest BCUT2D eigenvalue weighted by Gasteiger charge is -2.41. The first-order valence-electron chi connectivity index (χ1n) is 32.2. The van der Waals surface area contributed by atoms with Crippen LogP contribution in [0, 0.1) is 41.4 Å². The summed E-state index contributed by atoms with van der Waals surface area (Å²) in [4.78, 5) is 172. The minimum absolute atomic E-state index is 0.00554. The fourth-order valence-electron chi connectivity index (χ4n) is 11.9. The van der Waals surface area contributed by atoms with Crippen molar-refractivity contribution in [1.82, 2.24) is 55.6 Å². The molecule has 2 saturated heterocycles. The molecule has 0 radical (unpaired) electrons. The van der Waals surface area contributed by atoms with E-state index < -0.39 is 161 Å². The first-order chi connectivity index (χ1) is 41.2. The van der Waals surface area contributed by atoms with E-state index in [0.29, 0.717) is 6.42 Å². The molecule has 2 rings (SSSR count). The van der Waals surface area contributed by atoms with Crippen LogP contribution < -0.4 is 21.3 Å². The van der Waals surface area contributed by atoms with E-state index >= 15 is 28.8 Å². The van der Waals surface area contributed by atoms with E-state index in [2.05, 4.69) is 21.3 Å². The highest BCUT2D eigenvalue weighted by Crippen LogP contribution is 2.28. The smallest absolute Gasteiger partial charge is 0.246 e. The van der Waals surface area contributed by atoms with Crippen molar-refractivity contribution in [3.63, 3.8) is 0 Å². The molecule has 5 N–H and O–H groups in total. The fourth-order valence-corrected chi connectivity index (χ4v) is 11.9. The summed E-state index contributed by atoms with van der Waals surface area (Å²) in [5, 5.41) is 23.4. The number of nitrogens with zero attached hydrogens (tertiary/aromatic N) is 7. The summed E-state index contributed by atoms with van der Waals surface area (Å²) in [7, 11) is 10.0. The number of hydrogen-bond acceptors (Lipinski definition) is 13. The largest absolute Gasteiger partial charge is 0.390 e. The van der Waals surface area contributed by atoms with Crippen LogP contribution in [0.1, 0.15) is 163 Å². The lowest BCUT2D eigenvalue weighted by molar-refractivity contribution is -0.157. The van der Waals surface area contributed by atoms with Crippen molar-refractivity contribution >= 4 is 65.0 Å². The maximum absolute atomic E-state index is 15.3. The van der Waals surface area contributed by atoms with Crippen molar-refractivity contribution in [3.8, 4) is 0 Å². The number of carbonyl (C=O) groups excluding carboxylic acids is 11. The van der Waals surface area contributed by atoms with Crippen molar-refractivity contribution in [2.45, 2.75) is 241 Å². The van der Waals surface area contributed by atoms with Crippen LogP contribution in [0.25, 0.3) is 0 Å². The third kappa shape index (κ3) is 20.9. The molecule has 0 aliphatic carbocycles. The third-order valence-corrected chi connectivity index (χ3v) is 17.4. The van der Waals surface area contributed by atoms with Gasteiger partial charge in [-0.1, -0.05) is 109 Å². The second-order valence-corrected chi connectivity index (χ2v) is 27.4. The number of aliphatic hydroxyl groups is 1. The van der Waals surface area contributed by atoms with Crippen molar-refractivity contribution in [2.75, 3.05) is 55.9 Å². The number of carbonyl (C=O) groups is 11. The number of allylic oxidation sites excluding steroid dienone is 2. The molecule has 0 aromatic carbocycles. The summed E-state index contributed by atoms with van der Waals surface area (Å²) < 4.78 is 5.74. The predicted molar refractivity (Wildman–Crippen MR) is 342 cm³/mol. The van der Waals surface area contributed by atoms with Crippen LogP contribution in [-0.2, 0) is 57.5 Å². The Kier molecular flexibility index (Phi) is 31.4. The first-order valence-corrected chi connectivity index (χ1v) is 32.2. The van der Waals surface area contributed by atoms with E-state index in [4.69, 9.17) is 4.74 Å². The van der Waals surface area contributed by atoms with E-state index in [9.17, 15) is 29.1 Å². The second-order valence-electron chi connectivity index (χ2n) is 27.4. The van der Waals surface area contributed by atoms with Gasteiger partial charge in [0, 0.05) is 62.4 Å². The van der Waals surface area contributed by atoms with Crippen molar-refractivity contribution < 1.29 is 62.6 Å². The molecule has 2 heterocycles. The van der Waals surface area contributed by atoms with Crippen molar-refractivity contribution in [2.24, 2.45) is 41.4 Å². The van der Waals surface area contributed by atoms with E-state index in [0.717, 1.165) is 4.90 Å². The molecule has 14 atom stereocenters. The average molecular weight is 1260 g/mol. The van der Waals surface area contributed by atoms with E-state index in [1.54, 1.807) is 54.5 Å². The minimum atomic E-state index is -1.63. The van der Waals surface area contributed by atoms with Gasteiger partial charge in [-0.15, -0.1) is 0 Å². The molecule has 2 aliphatic rings. The molecule has 89 heavy (non-hydrogen) atoms. The van der Waals surface area contributed by atoms with Crippen LogP contribution in [0.5, 0.6) is 0 Å². The average Bonchev–Trinajstić information content (AvgIpc) is 2.35. The number of amides is 11. The number of nitrogens with one attached hydrogen (secondary N) is 4. The Morgan fingerprint density at radius 1 is 0.494 bits per heavy atom. The van der Waals surface area contributed by atoms with Gasteiger partial charge in [-0.05, 0) is 101 Å². The van der Waals surface area contributed by atoms with E-state index in [-0.39, 0.29) is 68.7 Å². The molecule has 24 heteroatoms. The molecular weight excluding hydrogens is 1140 g/mol. The highest BCUT2D eigenvalue weighted by atomic mass is 16.5. The number of hydrogen-bond donors (Lipinski definition) is 5. The van der Waals surface area contributed by atoms with Crippen LogP contribution in [0.2, 0.25) is 0 Å². The standard InChI is InChI=1S/C65H115N11O13/c1-25-27-28-41(15)54(77)53-58(81)68-45(26-2)60(83)76-34-44(89-24)33-50(76)63(86)70(18)47(30-36(5)6)57(80)69-51(39(11)12)64(87)71(19)46(29-35(3)4)56(79)66-42(16)55(78)67-43(17)59(82)72(20)48(31-37(7)8)61(84)73(21)49(32-38(9)10)62(85)74(22)52(40(13)14)65(88)75(53)23/h25,27,35-54,77H,26,28-34H2,1-24H3,(H,66,79)(H,67,78)(H,68,81)(H,69,80)/b27-25+/t41-,42+,43-,44?,45+,46+,47+,48+,49+,50-,51+,52+,53+,54-/m1/s1. The summed E-state index contributed by atoms with van der Waals surface area (Å²) >= 11 is 0. The molecule has 2 aliphatic heterocycles. The number of fused-ring (bicyclic) bond motifs is 1. The molecule has 0 aromatic heterocycles. The van der Waals surface area contributed by atoms with Crippen LogP contribution in [0.3, 0.4) is 0 Å². The highest BCUT2D eigenvalue weighted by Gasteiger charge is 2.48. The predicted octanol–water partition coefficient (Wildman–Crippen LogP) is 3.43. The second kappa shape index (κ2) is 35.4. The van der Waals surface area contributed by atoms with Gasteiger partial charge in [-0.25, -0.2) is 0 Å². The maximum Gasteiger partial charge on any atom is 0.246 e. The highest BCUT2D eigenvalue weighted by molar-refractivity contribution is 6.00. The summed E-state index contributed by atoms with van der Waals surface area (Å²) in [6.07, 6.45) is 2.37. The molecular formula is C65H115N11O13. The number of likely N-dealkylation sites (N-methyl/N-ethyl adjacent to an activating group) is 6. The minimum Gasteiger partial charge on any atom is -0.390 e. The van der Waals surface area contributed by atoms with Gasteiger partial charge in [0.15, 0.2) is 0 Å². The Morgan fingerprint density at radius 2 is 0.921 bits per heavy atom. The quantitative estimate of drug-likeness (QED) is 0.139. The van der Waals surface area contributed by atoms with Crippen LogP contribution in [-0.4, -0.2) is 239 Å². The Labute approximate surface area is 532 Å². The van der Waals surface area contributed by atoms with Gasteiger partial charge in [0.05, 0.1) is 12.2 Å². The van der Waals surface area contributed by atoms with Gasteiger partial charge < -0.3 is 65.4 Å². The third-order valence-electron chi connectivity index (χ3n) is 17.4. The molecule has 0 saturated carbocycles. The number of rotatable bonds is 16. The van der Waals surface area contributed by atoms with E-state index in [1.165, 1.54) is 92.6 Å². The zero-order chi connectivity index (χ0) is 68.5. The molecule has 1 unspecified atom stereocenters. The van der Waals surface area contributed by atoms with Crippen LogP contribution in [0.4, 0.5) is 0 Å². The zero-order valence-electron chi connectivity index (χ0n) is 58.3. The van der Waals surface area contributed by atoms with Crippen LogP contribution in [0.15, 0.2) is 12.2 Å². The van der Waals surface area contributed by atoms with Gasteiger partial charge >= 0.3 is 0 Å². The molecule has 508 valence electrons. The number of ether oxygens (including phenoxy) is 1. The zero-order valence-corrected chi connectivity index (χ0v) is 58.3. The lowest BCUT2D eigenvalue weighted by Crippen LogP contribution is -2.64. The fraction of sp³-hybridized carbons (Fsp3) is 0.800. The number of methoxy groups -OCH3 is 1. The van der Waals surface area contributed by atoms with Gasteiger partial charge in [0.1, 0.15) is 66.5 Å². The molecule has 0 aromatic rings. The summed E-state index contributed by atoms with van der Waals surface area (Å²) in [5.74, 6) is -9.78. The Morgan fingerprint density at radius 3 is 1.37 bits per heavy atom. The van der Waals surface area contributed by atoms with Crippen molar-refractivity contribution in [1.29, 1.82) is 0 Å². The van der Waals surface area contributed by atoms with Gasteiger partial charge in [-0.3, -0.25) is 52.7 Å². The normalized spacial score (nSPS) is 28.5. The first kappa shape index (κ1) is 78.9. The Balaban J connectivity index is 3.06. The summed E-state index contributed by atoms with van der Waals surface area (Å²) in [6.45, 7) is 29.9. The molecule has 2 fully saturated rings. The summed E-state index contributed by atoms with van der Waals surface area (Å²) in [5.41, 5.74) is 0. The SMILES string of the molecule is C/C=C/C[C@@H](C)[C@@H](O)[C@H]1C(=O)N[C@@H](CC)C(=O)N2CC(OC)C[C@@H]2C(=O)N(C)[C@@H](CC(C)C)C(=O)N[C@@H](C(C)C)C(=O)N(C)[C@@H](CC(C)C)C(=O)N[C@@H](C)C(=O)N[C@H](C)C(=O)N(C)[C@@H](CC(C)C)C(=O)N(C)[C@@H](CC(C)C)C(=O)N(C)[C@@H](C(C)C)C(=O)N1C. The van der Waals surface area contributed by atoms with Gasteiger partial charge in [0.2, 0.25) is 65.0 Å². The molecule has 11 amide bonds. The van der Waals surface area contributed by atoms with Gasteiger partial charge in [-0.2, -0.15) is 0 Å². The lowest BCUT2D eigenvalue weighted by atomic mass is 9.91. The number of aliphatic hydroxyl groups excluding tert-OH is 1. The Hall–Kier alpha value is -6.17. The van der Waals surface area contributed by atoms with Crippen LogP contribution >= 0.6 is 0 Å². The maximum atomic E-state index is 15.3.